The van der Waals surface area contributed by atoms with Crippen molar-refractivity contribution in [3.8, 4) is 0 Å². The number of carbonyl (C=O) groups excluding carboxylic acids is 2. The van der Waals surface area contributed by atoms with Crippen molar-refractivity contribution in [1.29, 1.82) is 0 Å². The second-order valence-electron chi connectivity index (χ2n) is 6.36. The number of benzene rings is 1. The van der Waals surface area contributed by atoms with Gasteiger partial charge in [-0.2, -0.15) is 0 Å². The van der Waals surface area contributed by atoms with Gasteiger partial charge in [0.1, 0.15) is 5.82 Å². The molecule has 1 aliphatic carbocycles. The van der Waals surface area contributed by atoms with Crippen molar-refractivity contribution in [3.63, 3.8) is 0 Å². The van der Waals surface area contributed by atoms with Crippen LogP contribution in [0.4, 0.5) is 9.18 Å². The van der Waals surface area contributed by atoms with Crippen LogP contribution in [0.2, 0.25) is 0 Å². The molecule has 1 aromatic rings. The molecule has 0 spiro atoms. The van der Waals surface area contributed by atoms with Crippen LogP contribution in [0.5, 0.6) is 0 Å². The summed E-state index contributed by atoms with van der Waals surface area (Å²) in [7, 11) is 1.68. The monoisotopic (exact) mass is 335 g/mol. The third kappa shape index (κ3) is 6.18. The summed E-state index contributed by atoms with van der Waals surface area (Å²) in [6.07, 6.45) is 5.85. The molecule has 1 aromatic carbocycles. The quantitative estimate of drug-likeness (QED) is 0.840. The summed E-state index contributed by atoms with van der Waals surface area (Å²) in [5.41, 5.74) is 0.744. The number of amides is 3. The predicted octanol–water partition coefficient (Wildman–Crippen LogP) is 2.81. The number of hydrogen-bond donors (Lipinski definition) is 2. The average Bonchev–Trinajstić information content (AvgIpc) is 2.55. The maximum atomic E-state index is 13.1. The summed E-state index contributed by atoms with van der Waals surface area (Å²) >= 11 is 0. The molecule has 1 fully saturated rings. The zero-order valence-corrected chi connectivity index (χ0v) is 14.2. The molecule has 24 heavy (non-hydrogen) atoms. The van der Waals surface area contributed by atoms with E-state index in [0.29, 0.717) is 13.1 Å². The van der Waals surface area contributed by atoms with E-state index in [2.05, 4.69) is 10.6 Å². The minimum Gasteiger partial charge on any atom is -0.341 e. The molecule has 132 valence electrons. The molecular formula is C18H26FN3O2. The predicted molar refractivity (Wildman–Crippen MR) is 90.9 cm³/mol. The maximum absolute atomic E-state index is 13.1. The Bertz CT molecular complexity index is 559. The first-order valence-corrected chi connectivity index (χ1v) is 8.57. The molecule has 1 saturated carbocycles. The Morgan fingerprint density at radius 1 is 1.25 bits per heavy atom. The highest BCUT2D eigenvalue weighted by atomic mass is 19.1. The van der Waals surface area contributed by atoms with Crippen molar-refractivity contribution >= 4 is 11.9 Å². The zero-order valence-electron chi connectivity index (χ0n) is 14.2. The molecule has 3 amide bonds. The number of hydrogen-bond acceptors (Lipinski definition) is 2. The number of rotatable bonds is 6. The Kier molecular flexibility index (Phi) is 7.03. The van der Waals surface area contributed by atoms with E-state index < -0.39 is 0 Å². The molecule has 0 saturated heterocycles. The molecule has 6 heteroatoms. The van der Waals surface area contributed by atoms with Gasteiger partial charge in [0.15, 0.2) is 0 Å². The van der Waals surface area contributed by atoms with Gasteiger partial charge in [0.25, 0.3) is 0 Å². The van der Waals surface area contributed by atoms with E-state index in [-0.39, 0.29) is 30.2 Å². The Balaban J connectivity index is 1.65. The number of urea groups is 1. The van der Waals surface area contributed by atoms with Gasteiger partial charge in [-0.05, 0) is 30.5 Å². The smallest absolute Gasteiger partial charge is 0.315 e. The maximum Gasteiger partial charge on any atom is 0.315 e. The second-order valence-corrected chi connectivity index (χ2v) is 6.36. The van der Waals surface area contributed by atoms with E-state index in [1.807, 2.05) is 0 Å². The second kappa shape index (κ2) is 9.25. The van der Waals surface area contributed by atoms with Crippen LogP contribution in [0, 0.1) is 5.82 Å². The minimum absolute atomic E-state index is 0.0859. The Morgan fingerprint density at radius 2 is 2.00 bits per heavy atom. The molecule has 0 unspecified atom stereocenters. The number of nitrogens with one attached hydrogen (secondary N) is 2. The molecule has 0 heterocycles. The Hall–Kier alpha value is -2.11. The molecule has 2 N–H and O–H groups in total. The molecule has 0 aliphatic heterocycles. The van der Waals surface area contributed by atoms with Gasteiger partial charge in [-0.15, -0.1) is 0 Å². The molecule has 0 radical (unpaired) electrons. The number of nitrogens with zero attached hydrogens (tertiary/aromatic N) is 1. The SMILES string of the molecule is CN(Cc1cccc(F)c1)C(=O)CCNC(=O)NC1CCCCC1. The fourth-order valence-electron chi connectivity index (χ4n) is 2.95. The van der Waals surface area contributed by atoms with Gasteiger partial charge in [0.05, 0.1) is 0 Å². The van der Waals surface area contributed by atoms with Crippen molar-refractivity contribution in [3.05, 3.63) is 35.6 Å². The van der Waals surface area contributed by atoms with E-state index >= 15 is 0 Å². The van der Waals surface area contributed by atoms with E-state index in [4.69, 9.17) is 0 Å². The average molecular weight is 335 g/mol. The fraction of sp³-hybridized carbons (Fsp3) is 0.556. The highest BCUT2D eigenvalue weighted by Crippen LogP contribution is 2.17. The lowest BCUT2D eigenvalue weighted by atomic mass is 9.96. The van der Waals surface area contributed by atoms with Crippen LogP contribution in [0.25, 0.3) is 0 Å². The van der Waals surface area contributed by atoms with Gasteiger partial charge in [-0.25, -0.2) is 9.18 Å². The molecular weight excluding hydrogens is 309 g/mol. The van der Waals surface area contributed by atoms with Crippen LogP contribution in [0.3, 0.4) is 0 Å². The van der Waals surface area contributed by atoms with Gasteiger partial charge in [-0.3, -0.25) is 4.79 Å². The third-order valence-corrected chi connectivity index (χ3v) is 4.30. The topological polar surface area (TPSA) is 61.4 Å². The van der Waals surface area contributed by atoms with Crippen LogP contribution in [0.15, 0.2) is 24.3 Å². The number of carbonyl (C=O) groups is 2. The van der Waals surface area contributed by atoms with Gasteiger partial charge >= 0.3 is 6.03 Å². The van der Waals surface area contributed by atoms with Crippen LogP contribution in [0.1, 0.15) is 44.1 Å². The first-order chi connectivity index (χ1) is 11.5. The zero-order chi connectivity index (χ0) is 17.4. The Morgan fingerprint density at radius 3 is 2.71 bits per heavy atom. The lowest BCUT2D eigenvalue weighted by Crippen LogP contribution is -2.43. The van der Waals surface area contributed by atoms with E-state index in [1.54, 1.807) is 19.2 Å². The van der Waals surface area contributed by atoms with Gasteiger partial charge in [0, 0.05) is 32.6 Å². The van der Waals surface area contributed by atoms with Crippen molar-refractivity contribution < 1.29 is 14.0 Å². The highest BCUT2D eigenvalue weighted by molar-refractivity contribution is 5.78. The van der Waals surface area contributed by atoms with Crippen molar-refractivity contribution in [2.24, 2.45) is 0 Å². The van der Waals surface area contributed by atoms with Crippen LogP contribution in [-0.2, 0) is 11.3 Å². The van der Waals surface area contributed by atoms with Crippen molar-refractivity contribution in [1.82, 2.24) is 15.5 Å². The fourth-order valence-corrected chi connectivity index (χ4v) is 2.95. The van der Waals surface area contributed by atoms with Crippen LogP contribution < -0.4 is 10.6 Å². The molecule has 0 atom stereocenters. The first kappa shape index (κ1) is 18.2. The summed E-state index contributed by atoms with van der Waals surface area (Å²) in [5.74, 6) is -0.397. The van der Waals surface area contributed by atoms with Crippen molar-refractivity contribution in [2.45, 2.75) is 51.1 Å². The summed E-state index contributed by atoms with van der Waals surface area (Å²) in [4.78, 5) is 25.4. The molecule has 2 rings (SSSR count). The summed E-state index contributed by atoms with van der Waals surface area (Å²) in [6, 6.07) is 6.25. The highest BCUT2D eigenvalue weighted by Gasteiger charge is 2.16. The summed E-state index contributed by atoms with van der Waals surface area (Å²) < 4.78 is 13.1. The van der Waals surface area contributed by atoms with E-state index in [9.17, 15) is 14.0 Å². The lowest BCUT2D eigenvalue weighted by molar-refractivity contribution is -0.130. The van der Waals surface area contributed by atoms with E-state index in [0.717, 1.165) is 31.2 Å². The first-order valence-electron chi connectivity index (χ1n) is 8.57. The summed E-state index contributed by atoms with van der Waals surface area (Å²) in [5, 5.41) is 5.68. The van der Waals surface area contributed by atoms with Gasteiger partial charge in [-0.1, -0.05) is 31.4 Å². The third-order valence-electron chi connectivity index (χ3n) is 4.30. The normalized spacial score (nSPS) is 14.9. The minimum atomic E-state index is -0.311. The van der Waals surface area contributed by atoms with Gasteiger partial charge in [0.2, 0.25) is 5.91 Å². The van der Waals surface area contributed by atoms with E-state index in [1.165, 1.54) is 23.5 Å². The largest absolute Gasteiger partial charge is 0.341 e. The van der Waals surface area contributed by atoms with Crippen molar-refractivity contribution in [2.75, 3.05) is 13.6 Å². The molecule has 0 bridgehead atoms. The molecule has 0 aromatic heterocycles. The molecule has 1 aliphatic rings. The number of halogens is 1. The van der Waals surface area contributed by atoms with Crippen LogP contribution >= 0.6 is 0 Å². The molecule has 5 nitrogen and oxygen atoms in total. The van der Waals surface area contributed by atoms with Crippen LogP contribution in [-0.4, -0.2) is 36.5 Å². The lowest BCUT2D eigenvalue weighted by Gasteiger charge is -2.23. The van der Waals surface area contributed by atoms with Gasteiger partial charge < -0.3 is 15.5 Å². The summed E-state index contributed by atoms with van der Waals surface area (Å²) in [6.45, 7) is 0.649. The Labute approximate surface area is 142 Å². The standard InChI is InChI=1S/C18H26FN3O2/c1-22(13-14-6-5-7-15(19)12-14)17(23)10-11-20-18(24)21-16-8-3-2-4-9-16/h5-7,12,16H,2-4,8-11,13H2,1H3,(H2,20,21,24).